The highest BCUT2D eigenvalue weighted by atomic mass is 19.1. The van der Waals surface area contributed by atoms with Crippen molar-refractivity contribution in [3.63, 3.8) is 0 Å². The van der Waals surface area contributed by atoms with Crippen LogP contribution in [0.25, 0.3) is 0 Å². The zero-order valence-electron chi connectivity index (χ0n) is 19.2. The smallest absolute Gasteiger partial charge is 0.261 e. The van der Waals surface area contributed by atoms with Crippen LogP contribution in [0.4, 0.5) is 4.39 Å². The number of amides is 2. The first kappa shape index (κ1) is 25.0. The lowest BCUT2D eigenvalue weighted by Gasteiger charge is -2.29. The Morgan fingerprint density at radius 2 is 1.53 bits per heavy atom. The van der Waals surface area contributed by atoms with Gasteiger partial charge in [0.05, 0.1) is 14.2 Å². The molecule has 0 saturated heterocycles. The van der Waals surface area contributed by atoms with E-state index in [1.54, 1.807) is 37.3 Å². The zero-order chi connectivity index (χ0) is 23.7. The maximum atomic E-state index is 13.3. The number of rotatable bonds is 11. The Morgan fingerprint density at radius 1 is 0.969 bits per heavy atom. The van der Waals surface area contributed by atoms with Crippen LogP contribution in [0.2, 0.25) is 0 Å². The minimum Gasteiger partial charge on any atom is -0.496 e. The van der Waals surface area contributed by atoms with Crippen LogP contribution in [0.3, 0.4) is 0 Å². The second-order valence-electron chi connectivity index (χ2n) is 7.80. The molecule has 7 nitrogen and oxygen atoms in total. The van der Waals surface area contributed by atoms with E-state index in [1.807, 2.05) is 13.8 Å². The van der Waals surface area contributed by atoms with Crippen LogP contribution in [0.5, 0.6) is 17.2 Å². The van der Waals surface area contributed by atoms with Crippen molar-refractivity contribution in [2.75, 3.05) is 27.4 Å². The first-order valence-corrected chi connectivity index (χ1v) is 10.4. The summed E-state index contributed by atoms with van der Waals surface area (Å²) >= 11 is 0. The molecule has 2 aromatic rings. The van der Waals surface area contributed by atoms with Gasteiger partial charge in [-0.3, -0.25) is 9.59 Å². The molecule has 0 saturated carbocycles. The first-order chi connectivity index (χ1) is 15.2. The van der Waals surface area contributed by atoms with Gasteiger partial charge in [0.1, 0.15) is 29.1 Å². The third kappa shape index (κ3) is 7.44. The van der Waals surface area contributed by atoms with E-state index in [0.29, 0.717) is 29.4 Å². The van der Waals surface area contributed by atoms with Crippen molar-refractivity contribution in [1.29, 1.82) is 0 Å². The van der Waals surface area contributed by atoms with Gasteiger partial charge in [0, 0.05) is 31.3 Å². The number of nitrogens with one attached hydrogen (secondary N) is 1. The van der Waals surface area contributed by atoms with E-state index >= 15 is 0 Å². The molecule has 0 aliphatic carbocycles. The van der Waals surface area contributed by atoms with Crippen LogP contribution in [0.1, 0.15) is 26.3 Å². The molecule has 0 aliphatic rings. The molecule has 32 heavy (non-hydrogen) atoms. The van der Waals surface area contributed by atoms with Crippen molar-refractivity contribution in [1.82, 2.24) is 10.2 Å². The maximum absolute atomic E-state index is 13.3. The summed E-state index contributed by atoms with van der Waals surface area (Å²) < 4.78 is 29.4. The number of carbonyl (C=O) groups is 2. The Labute approximate surface area is 188 Å². The van der Waals surface area contributed by atoms with E-state index in [1.165, 1.54) is 31.3 Å². The lowest BCUT2D eigenvalue weighted by atomic mass is 10.1. The average molecular weight is 447 g/mol. The summed E-state index contributed by atoms with van der Waals surface area (Å²) in [6, 6.07) is 10.0. The van der Waals surface area contributed by atoms with Crippen LogP contribution in [-0.2, 0) is 16.1 Å². The summed E-state index contributed by atoms with van der Waals surface area (Å²) in [7, 11) is 3.04. The first-order valence-electron chi connectivity index (χ1n) is 10.4. The minimum absolute atomic E-state index is 0.139. The SMILES string of the molecule is COc1cc(OC)cc(OCC(=O)N(Cc2ccc(F)cc2)[C@H](C)C(=O)NCC(C)C)c1. The number of carbonyl (C=O) groups excluding carboxylic acids is 2. The van der Waals surface area contributed by atoms with Crippen molar-refractivity contribution in [3.05, 3.63) is 53.8 Å². The summed E-state index contributed by atoms with van der Waals surface area (Å²) in [5.41, 5.74) is 0.700. The molecule has 0 aromatic heterocycles. The quantitative estimate of drug-likeness (QED) is 0.572. The number of methoxy groups -OCH3 is 2. The van der Waals surface area contributed by atoms with Crippen molar-refractivity contribution in [3.8, 4) is 17.2 Å². The van der Waals surface area contributed by atoms with E-state index in [-0.39, 0.29) is 36.7 Å². The topological polar surface area (TPSA) is 77.1 Å². The van der Waals surface area contributed by atoms with E-state index in [4.69, 9.17) is 14.2 Å². The predicted molar refractivity (Wildman–Crippen MR) is 119 cm³/mol. The molecular formula is C24H31FN2O5. The van der Waals surface area contributed by atoms with Gasteiger partial charge in [-0.15, -0.1) is 0 Å². The lowest BCUT2D eigenvalue weighted by Crippen LogP contribution is -2.49. The second-order valence-corrected chi connectivity index (χ2v) is 7.80. The van der Waals surface area contributed by atoms with Crippen LogP contribution in [0, 0.1) is 11.7 Å². The summed E-state index contributed by atoms with van der Waals surface area (Å²) in [5.74, 6) is 0.699. The molecule has 8 heteroatoms. The van der Waals surface area contributed by atoms with Gasteiger partial charge in [-0.1, -0.05) is 26.0 Å². The molecule has 174 valence electrons. The summed E-state index contributed by atoms with van der Waals surface area (Å²) in [4.78, 5) is 27.1. The fourth-order valence-corrected chi connectivity index (χ4v) is 2.91. The van der Waals surface area contributed by atoms with E-state index in [9.17, 15) is 14.0 Å². The van der Waals surface area contributed by atoms with Crippen molar-refractivity contribution < 1.29 is 28.2 Å². The Balaban J connectivity index is 2.17. The Bertz CT molecular complexity index is 880. The van der Waals surface area contributed by atoms with E-state index in [2.05, 4.69) is 5.32 Å². The van der Waals surface area contributed by atoms with Crippen molar-refractivity contribution in [2.24, 2.45) is 5.92 Å². The molecule has 0 spiro atoms. The predicted octanol–water partition coefficient (Wildman–Crippen LogP) is 3.41. The molecule has 1 N–H and O–H groups in total. The van der Waals surface area contributed by atoms with E-state index < -0.39 is 6.04 Å². The van der Waals surface area contributed by atoms with Crippen LogP contribution >= 0.6 is 0 Å². The molecule has 2 amide bonds. The molecule has 0 radical (unpaired) electrons. The summed E-state index contributed by atoms with van der Waals surface area (Å²) in [6.07, 6.45) is 0. The number of hydrogen-bond donors (Lipinski definition) is 1. The number of benzene rings is 2. The van der Waals surface area contributed by atoms with Gasteiger partial charge in [0.15, 0.2) is 6.61 Å². The van der Waals surface area contributed by atoms with Gasteiger partial charge in [0.2, 0.25) is 5.91 Å². The van der Waals surface area contributed by atoms with Crippen LogP contribution in [0.15, 0.2) is 42.5 Å². The molecular weight excluding hydrogens is 415 g/mol. The van der Waals surface area contributed by atoms with Gasteiger partial charge in [-0.25, -0.2) is 4.39 Å². The molecule has 2 rings (SSSR count). The zero-order valence-corrected chi connectivity index (χ0v) is 19.2. The van der Waals surface area contributed by atoms with Crippen molar-refractivity contribution >= 4 is 11.8 Å². The van der Waals surface area contributed by atoms with Crippen LogP contribution in [-0.4, -0.2) is 50.1 Å². The largest absolute Gasteiger partial charge is 0.496 e. The lowest BCUT2D eigenvalue weighted by molar-refractivity contribution is -0.142. The van der Waals surface area contributed by atoms with E-state index in [0.717, 1.165) is 0 Å². The number of ether oxygens (including phenoxy) is 3. The number of hydrogen-bond acceptors (Lipinski definition) is 5. The molecule has 0 bridgehead atoms. The molecule has 1 atom stereocenters. The maximum Gasteiger partial charge on any atom is 0.261 e. The Morgan fingerprint density at radius 3 is 2.06 bits per heavy atom. The van der Waals surface area contributed by atoms with Gasteiger partial charge in [0.25, 0.3) is 5.91 Å². The second kappa shape index (κ2) is 11.9. The van der Waals surface area contributed by atoms with Gasteiger partial charge in [-0.2, -0.15) is 0 Å². The normalized spacial score (nSPS) is 11.6. The third-order valence-corrected chi connectivity index (χ3v) is 4.81. The van der Waals surface area contributed by atoms with Crippen LogP contribution < -0.4 is 19.5 Å². The highest BCUT2D eigenvalue weighted by molar-refractivity contribution is 5.88. The standard InChI is InChI=1S/C24H31FN2O5/c1-16(2)13-26-24(29)17(3)27(14-18-6-8-19(25)9-7-18)23(28)15-32-22-11-20(30-4)10-21(12-22)31-5/h6-12,16-17H,13-15H2,1-5H3,(H,26,29)/t17-/m1/s1. The summed E-state index contributed by atoms with van der Waals surface area (Å²) in [5, 5.41) is 2.85. The highest BCUT2D eigenvalue weighted by Crippen LogP contribution is 2.27. The monoisotopic (exact) mass is 446 g/mol. The number of halogens is 1. The average Bonchev–Trinajstić information content (AvgIpc) is 2.79. The molecule has 0 fully saturated rings. The number of nitrogens with zero attached hydrogens (tertiary/aromatic N) is 1. The molecule has 0 unspecified atom stereocenters. The van der Waals surface area contributed by atoms with Gasteiger partial charge >= 0.3 is 0 Å². The van der Waals surface area contributed by atoms with Crippen molar-refractivity contribution in [2.45, 2.75) is 33.4 Å². The molecule has 0 aliphatic heterocycles. The fraction of sp³-hybridized carbons (Fsp3) is 0.417. The minimum atomic E-state index is -0.741. The van der Waals surface area contributed by atoms with Gasteiger partial charge < -0.3 is 24.4 Å². The fourth-order valence-electron chi connectivity index (χ4n) is 2.91. The Kier molecular flexibility index (Phi) is 9.31. The Hall–Kier alpha value is -3.29. The summed E-state index contributed by atoms with van der Waals surface area (Å²) in [6.45, 7) is 5.98. The van der Waals surface area contributed by atoms with Gasteiger partial charge in [-0.05, 0) is 30.5 Å². The molecule has 2 aromatic carbocycles. The highest BCUT2D eigenvalue weighted by Gasteiger charge is 2.26. The third-order valence-electron chi connectivity index (χ3n) is 4.81. The molecule has 0 heterocycles.